The van der Waals surface area contributed by atoms with E-state index in [1.54, 1.807) is 11.3 Å². The molecule has 0 aliphatic carbocycles. The molecule has 22 heavy (non-hydrogen) atoms. The predicted molar refractivity (Wildman–Crippen MR) is 92.7 cm³/mol. The van der Waals surface area contributed by atoms with Gasteiger partial charge in [-0.25, -0.2) is 0 Å². The molecule has 106 valence electrons. The van der Waals surface area contributed by atoms with E-state index >= 15 is 0 Å². The number of rotatable bonds is 2. The molecule has 2 heterocycles. The summed E-state index contributed by atoms with van der Waals surface area (Å²) < 4.78 is 2.16. The smallest absolute Gasteiger partial charge is 0.114 e. The predicted octanol–water partition coefficient (Wildman–Crippen LogP) is 5.01. The number of aryl methyl sites for hydroxylation is 1. The van der Waals surface area contributed by atoms with Gasteiger partial charge in [0.05, 0.1) is 5.56 Å². The van der Waals surface area contributed by atoms with E-state index in [4.69, 9.17) is 0 Å². The molecule has 0 saturated carbocycles. The number of fused-ring (bicyclic) bond motifs is 3. The highest BCUT2D eigenvalue weighted by Gasteiger charge is 2.19. The normalized spacial score (nSPS) is 10.9. The van der Waals surface area contributed by atoms with Crippen molar-refractivity contribution in [3.8, 4) is 6.07 Å². The van der Waals surface area contributed by atoms with Crippen molar-refractivity contribution in [3.05, 3.63) is 60.2 Å². The lowest BCUT2D eigenvalue weighted by Gasteiger charge is -2.04. The first-order chi connectivity index (χ1) is 10.8. The summed E-state index contributed by atoms with van der Waals surface area (Å²) in [6.45, 7) is 0. The van der Waals surface area contributed by atoms with E-state index in [-0.39, 0.29) is 0 Å². The minimum absolute atomic E-state index is 0.723. The number of benzene rings is 2. The zero-order chi connectivity index (χ0) is 15.1. The molecular weight excluding hydrogens is 290 g/mol. The third-order valence-corrected chi connectivity index (χ3v) is 5.05. The minimum Gasteiger partial charge on any atom is -0.346 e. The van der Waals surface area contributed by atoms with Gasteiger partial charge in [0.1, 0.15) is 15.9 Å². The Bertz CT molecular complexity index is 1020. The van der Waals surface area contributed by atoms with Crippen LogP contribution < -0.4 is 5.32 Å². The van der Waals surface area contributed by atoms with Gasteiger partial charge >= 0.3 is 0 Å². The van der Waals surface area contributed by atoms with Crippen LogP contribution >= 0.6 is 11.3 Å². The highest BCUT2D eigenvalue weighted by Crippen LogP contribution is 2.42. The van der Waals surface area contributed by atoms with Gasteiger partial charge in [-0.05, 0) is 18.2 Å². The van der Waals surface area contributed by atoms with Gasteiger partial charge in [-0.2, -0.15) is 5.26 Å². The molecule has 0 radical (unpaired) electrons. The van der Waals surface area contributed by atoms with Crippen molar-refractivity contribution in [2.75, 3.05) is 5.32 Å². The minimum atomic E-state index is 0.723. The van der Waals surface area contributed by atoms with E-state index in [2.05, 4.69) is 35.1 Å². The van der Waals surface area contributed by atoms with Crippen molar-refractivity contribution in [3.63, 3.8) is 0 Å². The number of aromatic nitrogens is 1. The van der Waals surface area contributed by atoms with E-state index in [0.717, 1.165) is 37.4 Å². The Balaban J connectivity index is 1.98. The summed E-state index contributed by atoms with van der Waals surface area (Å²) in [4.78, 5) is 1.12. The van der Waals surface area contributed by atoms with E-state index in [0.29, 0.717) is 0 Å². The molecule has 0 spiro atoms. The highest BCUT2D eigenvalue weighted by atomic mass is 32.1. The Morgan fingerprint density at radius 3 is 2.55 bits per heavy atom. The highest BCUT2D eigenvalue weighted by molar-refractivity contribution is 7.23. The van der Waals surface area contributed by atoms with Gasteiger partial charge < -0.3 is 9.88 Å². The lowest BCUT2D eigenvalue weighted by molar-refractivity contribution is 1.02. The number of hydrogen-bond donors (Lipinski definition) is 1. The number of nitrogens with zero attached hydrogens (tertiary/aromatic N) is 2. The van der Waals surface area contributed by atoms with Gasteiger partial charge in [0.15, 0.2) is 0 Å². The number of hydrogen-bond acceptors (Lipinski definition) is 3. The second-order valence-corrected chi connectivity index (χ2v) is 6.16. The van der Waals surface area contributed by atoms with Crippen LogP contribution in [-0.4, -0.2) is 4.57 Å². The maximum absolute atomic E-state index is 9.66. The molecule has 4 heteroatoms. The molecule has 3 nitrogen and oxygen atoms in total. The number of thiophene rings is 1. The largest absolute Gasteiger partial charge is 0.346 e. The van der Waals surface area contributed by atoms with Crippen LogP contribution in [0.1, 0.15) is 5.56 Å². The third kappa shape index (κ3) is 1.80. The first kappa shape index (κ1) is 12.9. The average Bonchev–Trinajstić information content (AvgIpc) is 3.05. The number of nitrogens with one attached hydrogen (secondary N) is 1. The SMILES string of the molecule is Cn1c2ccccc2c2c(C#N)c(Nc3ccccc3)sc21. The molecule has 0 atom stereocenters. The molecule has 0 bridgehead atoms. The van der Waals surface area contributed by atoms with Crippen LogP contribution in [0.15, 0.2) is 54.6 Å². The van der Waals surface area contributed by atoms with Gasteiger partial charge in [0, 0.05) is 29.0 Å². The summed E-state index contributed by atoms with van der Waals surface area (Å²) in [7, 11) is 2.05. The summed E-state index contributed by atoms with van der Waals surface area (Å²) in [5, 5.41) is 16.1. The fourth-order valence-corrected chi connectivity index (χ4v) is 4.00. The Labute approximate surface area is 132 Å². The maximum Gasteiger partial charge on any atom is 0.114 e. The van der Waals surface area contributed by atoms with Gasteiger partial charge in [-0.3, -0.25) is 0 Å². The zero-order valence-electron chi connectivity index (χ0n) is 12.0. The summed E-state index contributed by atoms with van der Waals surface area (Å²) in [6, 6.07) is 20.6. The van der Waals surface area contributed by atoms with Crippen LogP contribution in [0, 0.1) is 11.3 Å². The van der Waals surface area contributed by atoms with Crippen molar-refractivity contribution >= 4 is 43.1 Å². The Kier molecular flexibility index (Phi) is 2.88. The van der Waals surface area contributed by atoms with Crippen LogP contribution in [0.4, 0.5) is 10.7 Å². The number of para-hydroxylation sites is 2. The molecule has 1 N–H and O–H groups in total. The molecule has 0 unspecified atom stereocenters. The maximum atomic E-state index is 9.66. The summed E-state index contributed by atoms with van der Waals surface area (Å²) in [5.41, 5.74) is 2.88. The summed E-state index contributed by atoms with van der Waals surface area (Å²) in [5.74, 6) is 0. The van der Waals surface area contributed by atoms with Crippen LogP contribution in [0.2, 0.25) is 0 Å². The molecular formula is C18H13N3S. The van der Waals surface area contributed by atoms with Gasteiger partial charge in [-0.15, -0.1) is 0 Å². The zero-order valence-corrected chi connectivity index (χ0v) is 12.8. The first-order valence-electron chi connectivity index (χ1n) is 7.01. The molecule has 0 aliphatic rings. The Morgan fingerprint density at radius 2 is 1.77 bits per heavy atom. The lowest BCUT2D eigenvalue weighted by Crippen LogP contribution is -1.89. The average molecular weight is 303 g/mol. The van der Waals surface area contributed by atoms with Gasteiger partial charge in [-0.1, -0.05) is 47.7 Å². The molecule has 0 aliphatic heterocycles. The van der Waals surface area contributed by atoms with E-state index in [9.17, 15) is 5.26 Å². The molecule has 2 aromatic heterocycles. The quantitative estimate of drug-likeness (QED) is 0.565. The van der Waals surface area contributed by atoms with Gasteiger partial charge in [0.2, 0.25) is 0 Å². The van der Waals surface area contributed by atoms with E-state index in [1.807, 2.05) is 42.5 Å². The number of anilines is 2. The first-order valence-corrected chi connectivity index (χ1v) is 7.83. The van der Waals surface area contributed by atoms with E-state index < -0.39 is 0 Å². The Morgan fingerprint density at radius 1 is 1.05 bits per heavy atom. The van der Waals surface area contributed by atoms with Crippen molar-refractivity contribution in [2.45, 2.75) is 0 Å². The summed E-state index contributed by atoms with van der Waals surface area (Å²) >= 11 is 1.63. The topological polar surface area (TPSA) is 40.8 Å². The third-order valence-electron chi connectivity index (χ3n) is 3.87. The van der Waals surface area contributed by atoms with Crippen LogP contribution in [0.3, 0.4) is 0 Å². The van der Waals surface area contributed by atoms with Crippen molar-refractivity contribution in [2.24, 2.45) is 7.05 Å². The van der Waals surface area contributed by atoms with Crippen LogP contribution in [0.5, 0.6) is 0 Å². The molecule has 4 aromatic rings. The second kappa shape index (κ2) is 4.90. The molecule has 0 amide bonds. The van der Waals surface area contributed by atoms with Crippen molar-refractivity contribution in [1.29, 1.82) is 5.26 Å². The second-order valence-electron chi connectivity index (χ2n) is 5.17. The lowest BCUT2D eigenvalue weighted by atomic mass is 10.1. The van der Waals surface area contributed by atoms with Gasteiger partial charge in [0.25, 0.3) is 0 Å². The molecule has 4 rings (SSSR count). The van der Waals surface area contributed by atoms with Crippen molar-refractivity contribution < 1.29 is 0 Å². The van der Waals surface area contributed by atoms with Crippen molar-refractivity contribution in [1.82, 2.24) is 4.57 Å². The molecule has 0 fully saturated rings. The fourth-order valence-electron chi connectivity index (χ4n) is 2.84. The summed E-state index contributed by atoms with van der Waals surface area (Å²) in [6.07, 6.45) is 0. The molecule has 2 aromatic carbocycles. The fraction of sp³-hybridized carbons (Fsp3) is 0.0556. The monoisotopic (exact) mass is 303 g/mol. The Hall–Kier alpha value is -2.77. The van der Waals surface area contributed by atoms with E-state index in [1.165, 1.54) is 0 Å². The number of nitriles is 1. The van der Waals surface area contributed by atoms with Crippen LogP contribution in [0.25, 0.3) is 21.1 Å². The van der Waals surface area contributed by atoms with Crippen LogP contribution in [-0.2, 0) is 7.05 Å². The molecule has 0 saturated heterocycles. The standard InChI is InChI=1S/C18H13N3S/c1-21-15-10-6-5-9-13(15)16-14(11-19)17(22-18(16)21)20-12-7-3-2-4-8-12/h2-10,20H,1H3.